The number of benzene rings is 1. The Labute approximate surface area is 140 Å². The van der Waals surface area contributed by atoms with E-state index in [4.69, 9.17) is 23.2 Å². The fourth-order valence-corrected chi connectivity index (χ4v) is 3.97. The molecule has 1 aromatic rings. The average molecular weight is 365 g/mol. The minimum atomic E-state index is -3.64. The largest absolute Gasteiger partial charge is 0.352 e. The molecule has 2 rings (SSSR count). The fourth-order valence-electron chi connectivity index (χ4n) is 2.54. The molecule has 0 saturated heterocycles. The highest BCUT2D eigenvalue weighted by Gasteiger charge is 2.25. The lowest BCUT2D eigenvalue weighted by atomic mass is 10.2. The first-order valence-corrected chi connectivity index (χ1v) is 9.60. The van der Waals surface area contributed by atoms with E-state index in [1.807, 2.05) is 0 Å². The summed E-state index contributed by atoms with van der Waals surface area (Å²) in [7, 11) is -3.64. The smallest absolute Gasteiger partial charge is 0.240 e. The first kappa shape index (κ1) is 17.4. The topological polar surface area (TPSA) is 66.5 Å². The van der Waals surface area contributed by atoms with Crippen LogP contribution in [0, 0.1) is 0 Å². The van der Waals surface area contributed by atoms with Gasteiger partial charge in [-0.15, -0.1) is 0 Å². The van der Waals surface area contributed by atoms with Crippen LogP contribution in [0.1, 0.15) is 25.7 Å². The van der Waals surface area contributed by atoms with Crippen molar-refractivity contribution in [3.63, 3.8) is 0 Å². The van der Waals surface area contributed by atoms with Gasteiger partial charge in [-0.3, -0.25) is 9.10 Å². The Balaban J connectivity index is 2.18. The van der Waals surface area contributed by atoms with Crippen LogP contribution in [0.15, 0.2) is 18.2 Å². The second kappa shape index (κ2) is 7.06. The van der Waals surface area contributed by atoms with Crippen LogP contribution < -0.4 is 9.62 Å². The Hall–Kier alpha value is -0.980. The van der Waals surface area contributed by atoms with Crippen molar-refractivity contribution in [2.75, 3.05) is 17.1 Å². The van der Waals surface area contributed by atoms with Gasteiger partial charge in [0.15, 0.2) is 0 Å². The summed E-state index contributed by atoms with van der Waals surface area (Å²) in [5.74, 6) is -0.330. The van der Waals surface area contributed by atoms with E-state index in [0.29, 0.717) is 5.02 Å². The summed E-state index contributed by atoms with van der Waals surface area (Å²) in [6, 6.07) is 4.62. The van der Waals surface area contributed by atoms with Gasteiger partial charge < -0.3 is 5.32 Å². The highest BCUT2D eigenvalue weighted by molar-refractivity contribution is 7.92. The van der Waals surface area contributed by atoms with Crippen molar-refractivity contribution >= 4 is 44.8 Å². The van der Waals surface area contributed by atoms with E-state index in [9.17, 15) is 13.2 Å². The maximum Gasteiger partial charge on any atom is 0.240 e. The van der Waals surface area contributed by atoms with E-state index in [2.05, 4.69) is 5.32 Å². The van der Waals surface area contributed by atoms with Gasteiger partial charge in [0.25, 0.3) is 0 Å². The van der Waals surface area contributed by atoms with Gasteiger partial charge in [-0.05, 0) is 31.0 Å². The molecule has 0 bridgehead atoms. The highest BCUT2D eigenvalue weighted by Crippen LogP contribution is 2.30. The molecule has 0 spiro atoms. The molecule has 1 aromatic carbocycles. The second-order valence-electron chi connectivity index (χ2n) is 5.41. The maximum atomic E-state index is 12.1. The first-order valence-electron chi connectivity index (χ1n) is 6.99. The number of amides is 1. The maximum absolute atomic E-state index is 12.1. The number of sulfonamides is 1. The van der Waals surface area contributed by atoms with Gasteiger partial charge >= 0.3 is 0 Å². The molecular weight excluding hydrogens is 347 g/mol. The van der Waals surface area contributed by atoms with Crippen LogP contribution in [0.4, 0.5) is 5.69 Å². The Morgan fingerprint density at radius 2 is 1.95 bits per heavy atom. The molecule has 8 heteroatoms. The number of halogens is 2. The quantitative estimate of drug-likeness (QED) is 0.873. The number of anilines is 1. The molecule has 0 unspecified atom stereocenters. The minimum Gasteiger partial charge on any atom is -0.352 e. The van der Waals surface area contributed by atoms with E-state index < -0.39 is 10.0 Å². The van der Waals surface area contributed by atoms with Crippen molar-refractivity contribution in [1.29, 1.82) is 0 Å². The van der Waals surface area contributed by atoms with Crippen molar-refractivity contribution in [3.05, 3.63) is 28.2 Å². The lowest BCUT2D eigenvalue weighted by Gasteiger charge is -2.24. The predicted molar refractivity (Wildman–Crippen MR) is 89.1 cm³/mol. The molecule has 5 nitrogen and oxygen atoms in total. The summed E-state index contributed by atoms with van der Waals surface area (Å²) in [5.41, 5.74) is 0.245. The third kappa shape index (κ3) is 4.51. The number of nitrogens with one attached hydrogen (secondary N) is 1. The summed E-state index contributed by atoms with van der Waals surface area (Å²) in [4.78, 5) is 12.1. The molecule has 0 aromatic heterocycles. The van der Waals surface area contributed by atoms with E-state index in [1.54, 1.807) is 0 Å². The predicted octanol–water partition coefficient (Wildman–Crippen LogP) is 2.82. The summed E-state index contributed by atoms with van der Waals surface area (Å²) < 4.78 is 25.0. The molecule has 0 aliphatic heterocycles. The first-order chi connectivity index (χ1) is 10.3. The number of hydrogen-bond donors (Lipinski definition) is 1. The Morgan fingerprint density at radius 1 is 1.32 bits per heavy atom. The molecule has 1 aliphatic carbocycles. The van der Waals surface area contributed by atoms with Crippen LogP contribution in [-0.2, 0) is 14.8 Å². The molecule has 0 heterocycles. The third-order valence-corrected chi connectivity index (χ3v) is 5.25. The summed E-state index contributed by atoms with van der Waals surface area (Å²) in [6.45, 7) is -0.295. The Bertz CT molecular complexity index is 658. The van der Waals surface area contributed by atoms with Gasteiger partial charge in [0.2, 0.25) is 15.9 Å². The van der Waals surface area contributed by atoms with Crippen molar-refractivity contribution in [1.82, 2.24) is 5.32 Å². The van der Waals surface area contributed by atoms with Gasteiger partial charge in [-0.25, -0.2) is 8.42 Å². The van der Waals surface area contributed by atoms with E-state index in [-0.39, 0.29) is 29.2 Å². The van der Waals surface area contributed by atoms with Crippen molar-refractivity contribution in [2.45, 2.75) is 31.7 Å². The lowest BCUT2D eigenvalue weighted by Crippen LogP contribution is -2.43. The monoisotopic (exact) mass is 364 g/mol. The lowest BCUT2D eigenvalue weighted by molar-refractivity contribution is -0.120. The molecule has 1 amide bonds. The SMILES string of the molecule is CS(=O)(=O)N(CC(=O)NC1CCCC1)c1ccc(Cl)cc1Cl. The zero-order chi connectivity index (χ0) is 16.3. The van der Waals surface area contributed by atoms with E-state index in [0.717, 1.165) is 36.2 Å². The van der Waals surface area contributed by atoms with Gasteiger partial charge in [0, 0.05) is 11.1 Å². The number of rotatable bonds is 5. The van der Waals surface area contributed by atoms with Crippen LogP contribution >= 0.6 is 23.2 Å². The summed E-state index contributed by atoms with van der Waals surface area (Å²) >= 11 is 11.9. The Morgan fingerprint density at radius 3 is 2.50 bits per heavy atom. The highest BCUT2D eigenvalue weighted by atomic mass is 35.5. The molecule has 0 atom stereocenters. The van der Waals surface area contributed by atoms with Gasteiger partial charge in [0.1, 0.15) is 6.54 Å². The zero-order valence-electron chi connectivity index (χ0n) is 12.2. The number of hydrogen-bond acceptors (Lipinski definition) is 3. The van der Waals surface area contributed by atoms with E-state index >= 15 is 0 Å². The van der Waals surface area contributed by atoms with Crippen LogP contribution in [-0.4, -0.2) is 33.2 Å². The van der Waals surface area contributed by atoms with Crippen LogP contribution in [0.3, 0.4) is 0 Å². The minimum absolute atomic E-state index is 0.134. The van der Waals surface area contributed by atoms with Gasteiger partial charge in [0.05, 0.1) is 17.0 Å². The second-order valence-corrected chi connectivity index (χ2v) is 8.16. The molecule has 122 valence electrons. The molecule has 22 heavy (non-hydrogen) atoms. The summed E-state index contributed by atoms with van der Waals surface area (Å²) in [5, 5.41) is 3.46. The van der Waals surface area contributed by atoms with Crippen molar-refractivity contribution in [2.24, 2.45) is 0 Å². The van der Waals surface area contributed by atoms with Crippen LogP contribution in [0.2, 0.25) is 10.0 Å². The molecule has 1 aliphatic rings. The average Bonchev–Trinajstić information content (AvgIpc) is 2.88. The number of carbonyl (C=O) groups excluding carboxylic acids is 1. The van der Waals surface area contributed by atoms with E-state index in [1.165, 1.54) is 18.2 Å². The van der Waals surface area contributed by atoms with Crippen LogP contribution in [0.25, 0.3) is 0 Å². The number of carbonyl (C=O) groups is 1. The van der Waals surface area contributed by atoms with Gasteiger partial charge in [-0.2, -0.15) is 0 Å². The van der Waals surface area contributed by atoms with Crippen molar-refractivity contribution in [3.8, 4) is 0 Å². The fraction of sp³-hybridized carbons (Fsp3) is 0.500. The van der Waals surface area contributed by atoms with Crippen LogP contribution in [0.5, 0.6) is 0 Å². The Kier molecular flexibility index (Phi) is 5.58. The van der Waals surface area contributed by atoms with Gasteiger partial charge in [-0.1, -0.05) is 36.0 Å². The molecule has 1 fully saturated rings. The van der Waals surface area contributed by atoms with Crippen molar-refractivity contribution < 1.29 is 13.2 Å². The molecule has 1 saturated carbocycles. The molecular formula is C14H18Cl2N2O3S. The third-order valence-electron chi connectivity index (χ3n) is 3.59. The molecule has 0 radical (unpaired) electrons. The number of nitrogens with zero attached hydrogens (tertiary/aromatic N) is 1. The normalized spacial score (nSPS) is 15.8. The molecule has 1 N–H and O–H groups in total. The standard InChI is InChI=1S/C14H18Cl2N2O3S/c1-22(20,21)18(13-7-6-10(15)8-12(13)16)9-14(19)17-11-4-2-3-5-11/h6-8,11H,2-5,9H2,1H3,(H,17,19). The summed E-state index contributed by atoms with van der Waals surface area (Å²) in [6.07, 6.45) is 5.09. The zero-order valence-corrected chi connectivity index (χ0v) is 14.5.